The summed E-state index contributed by atoms with van der Waals surface area (Å²) < 4.78 is 6.87. The number of aryl methyl sites for hydroxylation is 1. The molecular weight excluding hydrogens is 314 g/mol. The molecule has 2 heterocycles. The molecule has 0 radical (unpaired) electrons. The zero-order valence-electron chi connectivity index (χ0n) is 14.4. The second kappa shape index (κ2) is 7.13. The SMILES string of the molecule is COC(=O)c1ccc(-n2c(C)cc(C=Nc3cccnc3)c2C)cc1. The lowest BCUT2D eigenvalue weighted by molar-refractivity contribution is 0.0601. The number of hydrogen-bond acceptors (Lipinski definition) is 4. The van der Waals surface area contributed by atoms with Gasteiger partial charge in [-0.15, -0.1) is 0 Å². The molecule has 0 fully saturated rings. The highest BCUT2D eigenvalue weighted by Crippen LogP contribution is 2.21. The van der Waals surface area contributed by atoms with Gasteiger partial charge in [0.15, 0.2) is 0 Å². The number of pyridine rings is 1. The second-order valence-electron chi connectivity index (χ2n) is 5.67. The maximum absolute atomic E-state index is 11.6. The van der Waals surface area contributed by atoms with E-state index in [0.29, 0.717) is 5.56 Å². The summed E-state index contributed by atoms with van der Waals surface area (Å²) in [4.78, 5) is 20.1. The van der Waals surface area contributed by atoms with Gasteiger partial charge in [-0.05, 0) is 56.3 Å². The van der Waals surface area contributed by atoms with Crippen molar-refractivity contribution in [3.8, 4) is 5.69 Å². The summed E-state index contributed by atoms with van der Waals surface area (Å²) >= 11 is 0. The lowest BCUT2D eigenvalue weighted by Gasteiger charge is -2.10. The lowest BCUT2D eigenvalue weighted by atomic mass is 10.2. The van der Waals surface area contributed by atoms with Crippen LogP contribution >= 0.6 is 0 Å². The van der Waals surface area contributed by atoms with Gasteiger partial charge in [0.1, 0.15) is 0 Å². The second-order valence-corrected chi connectivity index (χ2v) is 5.67. The van der Waals surface area contributed by atoms with Crippen molar-refractivity contribution in [3.63, 3.8) is 0 Å². The van der Waals surface area contributed by atoms with E-state index in [9.17, 15) is 4.79 Å². The molecule has 126 valence electrons. The fourth-order valence-electron chi connectivity index (χ4n) is 2.75. The van der Waals surface area contributed by atoms with Gasteiger partial charge in [0.2, 0.25) is 0 Å². The van der Waals surface area contributed by atoms with Gasteiger partial charge in [0, 0.05) is 35.1 Å². The Morgan fingerprint density at radius 2 is 1.96 bits per heavy atom. The van der Waals surface area contributed by atoms with Crippen molar-refractivity contribution < 1.29 is 9.53 Å². The molecule has 0 aliphatic carbocycles. The molecule has 2 aromatic heterocycles. The summed E-state index contributed by atoms with van der Waals surface area (Å²) in [6.45, 7) is 4.09. The maximum Gasteiger partial charge on any atom is 0.337 e. The Morgan fingerprint density at radius 1 is 1.20 bits per heavy atom. The predicted molar refractivity (Wildman–Crippen MR) is 98.1 cm³/mol. The van der Waals surface area contributed by atoms with Crippen LogP contribution in [0.3, 0.4) is 0 Å². The first-order chi connectivity index (χ1) is 12.1. The number of nitrogens with zero attached hydrogens (tertiary/aromatic N) is 3. The highest BCUT2D eigenvalue weighted by atomic mass is 16.5. The highest BCUT2D eigenvalue weighted by molar-refractivity contribution is 5.89. The van der Waals surface area contributed by atoms with Crippen LogP contribution in [0.5, 0.6) is 0 Å². The van der Waals surface area contributed by atoms with Crippen molar-refractivity contribution in [1.82, 2.24) is 9.55 Å². The van der Waals surface area contributed by atoms with E-state index in [4.69, 9.17) is 4.74 Å². The first-order valence-corrected chi connectivity index (χ1v) is 7.92. The zero-order chi connectivity index (χ0) is 17.8. The summed E-state index contributed by atoms with van der Waals surface area (Å²) in [5.41, 5.74) is 5.55. The summed E-state index contributed by atoms with van der Waals surface area (Å²) in [6.07, 6.45) is 5.29. The average Bonchev–Trinajstić information content (AvgIpc) is 2.94. The van der Waals surface area contributed by atoms with Crippen LogP contribution in [0.1, 0.15) is 27.3 Å². The number of aliphatic imine (C=N–C) groups is 1. The Hall–Kier alpha value is -3.21. The van der Waals surface area contributed by atoms with E-state index in [1.807, 2.05) is 44.3 Å². The van der Waals surface area contributed by atoms with Crippen molar-refractivity contribution in [1.29, 1.82) is 0 Å². The molecule has 0 bridgehead atoms. The summed E-state index contributed by atoms with van der Waals surface area (Å²) in [5, 5.41) is 0. The van der Waals surface area contributed by atoms with E-state index in [0.717, 1.165) is 28.3 Å². The zero-order valence-corrected chi connectivity index (χ0v) is 14.4. The molecule has 0 unspecified atom stereocenters. The van der Waals surface area contributed by atoms with Crippen LogP contribution in [0.25, 0.3) is 5.69 Å². The van der Waals surface area contributed by atoms with Gasteiger partial charge in [0.25, 0.3) is 0 Å². The number of ether oxygens (including phenoxy) is 1. The summed E-state index contributed by atoms with van der Waals surface area (Å²) in [6, 6.07) is 13.2. The molecular formula is C20H19N3O2. The number of methoxy groups -OCH3 is 1. The normalized spacial score (nSPS) is 11.0. The van der Waals surface area contributed by atoms with Gasteiger partial charge in [0.05, 0.1) is 24.6 Å². The third kappa shape index (κ3) is 3.50. The molecule has 5 nitrogen and oxygen atoms in total. The molecule has 3 aromatic rings. The number of carbonyl (C=O) groups is 1. The van der Waals surface area contributed by atoms with Crippen LogP contribution in [-0.2, 0) is 4.74 Å². The van der Waals surface area contributed by atoms with E-state index in [-0.39, 0.29) is 5.97 Å². The minimum absolute atomic E-state index is 0.336. The van der Waals surface area contributed by atoms with Crippen LogP contribution in [0, 0.1) is 13.8 Å². The van der Waals surface area contributed by atoms with E-state index in [2.05, 4.69) is 20.6 Å². The lowest BCUT2D eigenvalue weighted by Crippen LogP contribution is -2.03. The average molecular weight is 333 g/mol. The van der Waals surface area contributed by atoms with E-state index in [1.165, 1.54) is 7.11 Å². The molecule has 3 rings (SSSR count). The number of benzene rings is 1. The molecule has 25 heavy (non-hydrogen) atoms. The van der Waals surface area contributed by atoms with E-state index in [1.54, 1.807) is 24.5 Å². The van der Waals surface area contributed by atoms with Gasteiger partial charge < -0.3 is 9.30 Å². The quantitative estimate of drug-likeness (QED) is 0.535. The van der Waals surface area contributed by atoms with Crippen molar-refractivity contribution in [2.75, 3.05) is 7.11 Å². The fraction of sp³-hybridized carbons (Fsp3) is 0.150. The molecule has 5 heteroatoms. The minimum Gasteiger partial charge on any atom is -0.465 e. The van der Waals surface area contributed by atoms with Gasteiger partial charge in [-0.1, -0.05) is 0 Å². The molecule has 0 atom stereocenters. The highest BCUT2D eigenvalue weighted by Gasteiger charge is 2.11. The first kappa shape index (κ1) is 16.6. The fourth-order valence-corrected chi connectivity index (χ4v) is 2.75. The van der Waals surface area contributed by atoms with Crippen molar-refractivity contribution in [2.24, 2.45) is 4.99 Å². The number of carbonyl (C=O) groups excluding carboxylic acids is 1. The molecule has 0 saturated heterocycles. The Labute approximate surface area is 146 Å². The van der Waals surface area contributed by atoms with Crippen molar-refractivity contribution in [2.45, 2.75) is 13.8 Å². The van der Waals surface area contributed by atoms with Gasteiger partial charge in [-0.2, -0.15) is 0 Å². The topological polar surface area (TPSA) is 56.5 Å². The Balaban J connectivity index is 1.92. The van der Waals surface area contributed by atoms with E-state index < -0.39 is 0 Å². The van der Waals surface area contributed by atoms with Crippen LogP contribution in [-0.4, -0.2) is 28.8 Å². The predicted octanol–water partition coefficient (Wildman–Crippen LogP) is 4.03. The summed E-state index contributed by atoms with van der Waals surface area (Å²) in [7, 11) is 1.38. The number of hydrogen-bond donors (Lipinski definition) is 0. The molecule has 0 amide bonds. The van der Waals surface area contributed by atoms with Gasteiger partial charge in [-0.3, -0.25) is 9.98 Å². The Bertz CT molecular complexity index is 910. The Morgan fingerprint density at radius 3 is 2.60 bits per heavy atom. The van der Waals surface area contributed by atoms with Gasteiger partial charge >= 0.3 is 5.97 Å². The third-order valence-electron chi connectivity index (χ3n) is 4.02. The monoisotopic (exact) mass is 333 g/mol. The van der Waals surface area contributed by atoms with E-state index >= 15 is 0 Å². The number of esters is 1. The third-order valence-corrected chi connectivity index (χ3v) is 4.02. The van der Waals surface area contributed by atoms with Crippen LogP contribution in [0.4, 0.5) is 5.69 Å². The molecule has 0 spiro atoms. The van der Waals surface area contributed by atoms with Crippen LogP contribution in [0.15, 0.2) is 59.9 Å². The molecule has 0 saturated carbocycles. The van der Waals surface area contributed by atoms with Crippen LogP contribution < -0.4 is 0 Å². The number of aromatic nitrogens is 2. The molecule has 0 aliphatic rings. The van der Waals surface area contributed by atoms with Crippen molar-refractivity contribution >= 4 is 17.9 Å². The first-order valence-electron chi connectivity index (χ1n) is 7.92. The van der Waals surface area contributed by atoms with Gasteiger partial charge in [-0.25, -0.2) is 4.79 Å². The Kier molecular flexibility index (Phi) is 4.75. The smallest absolute Gasteiger partial charge is 0.337 e. The largest absolute Gasteiger partial charge is 0.465 e. The number of rotatable bonds is 4. The van der Waals surface area contributed by atoms with Crippen LogP contribution in [0.2, 0.25) is 0 Å². The summed E-state index contributed by atoms with van der Waals surface area (Å²) in [5.74, 6) is -0.336. The molecule has 1 aromatic carbocycles. The maximum atomic E-state index is 11.6. The standard InChI is InChI=1S/C20H19N3O2/c1-14-11-17(12-22-18-5-4-10-21-13-18)15(2)23(14)19-8-6-16(7-9-19)20(24)25-3/h4-13H,1-3H3. The molecule has 0 N–H and O–H groups in total. The molecule has 0 aliphatic heterocycles. The van der Waals surface area contributed by atoms with Crippen molar-refractivity contribution in [3.05, 3.63) is 77.4 Å². The minimum atomic E-state index is -0.336.